The van der Waals surface area contributed by atoms with Crippen molar-refractivity contribution >= 4 is 5.91 Å². The number of amides is 1. The molecule has 1 atom stereocenters. The lowest BCUT2D eigenvalue weighted by Crippen LogP contribution is -2.52. The topological polar surface area (TPSA) is 47.4 Å². The quantitative estimate of drug-likeness (QED) is 0.842. The molecule has 5 heteroatoms. The van der Waals surface area contributed by atoms with E-state index in [9.17, 15) is 4.79 Å². The molecule has 0 unspecified atom stereocenters. The highest BCUT2D eigenvalue weighted by molar-refractivity contribution is 5.79. The van der Waals surface area contributed by atoms with E-state index < -0.39 is 5.60 Å². The minimum absolute atomic E-state index is 0.214. The summed E-state index contributed by atoms with van der Waals surface area (Å²) in [4.78, 5) is 15.0. The van der Waals surface area contributed by atoms with E-state index >= 15 is 0 Å². The minimum atomic E-state index is -0.441. The Labute approximate surface area is 139 Å². The summed E-state index contributed by atoms with van der Waals surface area (Å²) in [5, 5.41) is 4.25. The molecule has 1 aromatic heterocycles. The van der Waals surface area contributed by atoms with Crippen LogP contribution in [0.15, 0.2) is 12.4 Å². The van der Waals surface area contributed by atoms with Crippen molar-refractivity contribution in [2.45, 2.75) is 57.5 Å². The highest BCUT2D eigenvalue weighted by atomic mass is 16.5. The van der Waals surface area contributed by atoms with Crippen LogP contribution in [-0.4, -0.2) is 40.3 Å². The molecular formula is C18H29N3O2. The van der Waals surface area contributed by atoms with Crippen LogP contribution in [0.2, 0.25) is 0 Å². The van der Waals surface area contributed by atoms with E-state index in [1.807, 2.05) is 24.3 Å². The van der Waals surface area contributed by atoms with Gasteiger partial charge in [-0.25, -0.2) is 0 Å². The summed E-state index contributed by atoms with van der Waals surface area (Å²) in [5.74, 6) is 0.553. The summed E-state index contributed by atoms with van der Waals surface area (Å²) in [6.45, 7) is 4.02. The molecule has 0 bridgehead atoms. The average Bonchev–Trinajstić information content (AvgIpc) is 2.94. The Morgan fingerprint density at radius 1 is 1.26 bits per heavy atom. The molecule has 1 aliphatic carbocycles. The van der Waals surface area contributed by atoms with Crippen LogP contribution >= 0.6 is 0 Å². The van der Waals surface area contributed by atoms with Crippen LogP contribution in [0.4, 0.5) is 0 Å². The zero-order chi connectivity index (χ0) is 16.3. The predicted molar refractivity (Wildman–Crippen MR) is 88.9 cm³/mol. The zero-order valence-corrected chi connectivity index (χ0v) is 14.5. The first-order valence-corrected chi connectivity index (χ1v) is 9.00. The fraction of sp³-hybridized carbons (Fsp3) is 0.778. The molecule has 23 heavy (non-hydrogen) atoms. The van der Waals surface area contributed by atoms with Gasteiger partial charge in [0.2, 0.25) is 5.91 Å². The molecule has 2 fully saturated rings. The van der Waals surface area contributed by atoms with Gasteiger partial charge in [0.25, 0.3) is 0 Å². The molecule has 0 spiro atoms. The first kappa shape index (κ1) is 16.5. The highest BCUT2D eigenvalue weighted by Crippen LogP contribution is 2.31. The standard InChI is InChI=1S/C18H29N3O2/c1-18(16-12-19-20(2)13-16)14-21(10-11-23-18)17(22)15-8-6-4-3-5-7-9-15/h12-13,15H,3-11,14H2,1-2H3/t18-/m0/s1. The smallest absolute Gasteiger partial charge is 0.225 e. The van der Waals surface area contributed by atoms with Gasteiger partial charge in [-0.2, -0.15) is 5.10 Å². The predicted octanol–water partition coefficient (Wildman–Crippen LogP) is 2.85. The molecule has 1 amide bonds. The zero-order valence-electron chi connectivity index (χ0n) is 14.5. The maximum absolute atomic E-state index is 13.0. The normalized spacial score (nSPS) is 27.5. The van der Waals surface area contributed by atoms with Crippen molar-refractivity contribution in [1.29, 1.82) is 0 Å². The molecule has 0 radical (unpaired) electrons. The Bertz CT molecular complexity index is 534. The molecule has 1 aromatic rings. The second kappa shape index (κ2) is 7.04. The van der Waals surface area contributed by atoms with Gasteiger partial charge in [0.05, 0.1) is 19.3 Å². The van der Waals surface area contributed by atoms with Gasteiger partial charge in [-0.15, -0.1) is 0 Å². The number of hydrogen-bond donors (Lipinski definition) is 0. The lowest BCUT2D eigenvalue weighted by atomic mass is 9.89. The van der Waals surface area contributed by atoms with Gasteiger partial charge in [-0.05, 0) is 19.8 Å². The summed E-state index contributed by atoms with van der Waals surface area (Å²) >= 11 is 0. The lowest BCUT2D eigenvalue weighted by Gasteiger charge is -2.41. The molecule has 3 rings (SSSR count). The van der Waals surface area contributed by atoms with E-state index in [2.05, 4.69) is 12.0 Å². The third-order valence-electron chi connectivity index (χ3n) is 5.36. The summed E-state index contributed by atoms with van der Waals surface area (Å²) < 4.78 is 7.82. The number of nitrogens with zero attached hydrogens (tertiary/aromatic N) is 3. The van der Waals surface area contributed by atoms with Crippen molar-refractivity contribution < 1.29 is 9.53 Å². The Hall–Kier alpha value is -1.36. The molecule has 1 saturated carbocycles. The van der Waals surface area contributed by atoms with Crippen LogP contribution in [-0.2, 0) is 22.2 Å². The summed E-state index contributed by atoms with van der Waals surface area (Å²) in [5.41, 5.74) is 0.610. The second-order valence-electron chi connectivity index (χ2n) is 7.28. The number of carbonyl (C=O) groups excluding carboxylic acids is 1. The molecule has 1 saturated heterocycles. The van der Waals surface area contributed by atoms with Gasteiger partial charge < -0.3 is 9.64 Å². The molecule has 128 valence electrons. The molecule has 1 aliphatic heterocycles. The van der Waals surface area contributed by atoms with E-state index in [4.69, 9.17) is 4.74 Å². The number of rotatable bonds is 2. The Kier molecular flexibility index (Phi) is 5.05. The molecule has 2 aliphatic rings. The summed E-state index contributed by atoms with van der Waals surface area (Å²) in [6.07, 6.45) is 12.2. The molecule has 2 heterocycles. The van der Waals surface area contributed by atoms with E-state index in [0.717, 1.165) is 18.4 Å². The summed E-state index contributed by atoms with van der Waals surface area (Å²) in [7, 11) is 1.91. The molecule has 0 N–H and O–H groups in total. The van der Waals surface area contributed by atoms with E-state index in [0.29, 0.717) is 25.6 Å². The van der Waals surface area contributed by atoms with E-state index in [-0.39, 0.29) is 5.92 Å². The third kappa shape index (κ3) is 3.77. The largest absolute Gasteiger partial charge is 0.367 e. The van der Waals surface area contributed by atoms with E-state index in [1.165, 1.54) is 32.1 Å². The van der Waals surface area contributed by atoms with Gasteiger partial charge in [0, 0.05) is 31.3 Å². The number of hydrogen-bond acceptors (Lipinski definition) is 3. The van der Waals surface area contributed by atoms with Crippen LogP contribution in [0.25, 0.3) is 0 Å². The molecule has 5 nitrogen and oxygen atoms in total. The fourth-order valence-corrected chi connectivity index (χ4v) is 3.89. The average molecular weight is 319 g/mol. The number of carbonyl (C=O) groups is 1. The van der Waals surface area contributed by atoms with E-state index in [1.54, 1.807) is 4.68 Å². The van der Waals surface area contributed by atoms with Crippen LogP contribution < -0.4 is 0 Å². The Balaban J connectivity index is 1.68. The van der Waals surface area contributed by atoms with Gasteiger partial charge in [-0.1, -0.05) is 32.1 Å². The van der Waals surface area contributed by atoms with Gasteiger partial charge in [-0.3, -0.25) is 9.48 Å². The Morgan fingerprint density at radius 2 is 1.96 bits per heavy atom. The number of ether oxygens (including phenoxy) is 1. The SMILES string of the molecule is Cn1cc([C@]2(C)CN(C(=O)C3CCCCCCC3)CCO2)cn1. The van der Waals surface area contributed by atoms with Crippen molar-refractivity contribution in [2.24, 2.45) is 13.0 Å². The number of morpholine rings is 1. The van der Waals surface area contributed by atoms with Crippen molar-refractivity contribution in [1.82, 2.24) is 14.7 Å². The fourth-order valence-electron chi connectivity index (χ4n) is 3.89. The van der Waals surface area contributed by atoms with Crippen LogP contribution in [0.1, 0.15) is 57.4 Å². The summed E-state index contributed by atoms with van der Waals surface area (Å²) in [6, 6.07) is 0. The van der Waals surface area contributed by atoms with Gasteiger partial charge in [0.1, 0.15) is 5.60 Å². The van der Waals surface area contributed by atoms with Crippen LogP contribution in [0, 0.1) is 5.92 Å². The number of aryl methyl sites for hydroxylation is 1. The third-order valence-corrected chi connectivity index (χ3v) is 5.36. The van der Waals surface area contributed by atoms with Crippen LogP contribution in [0.3, 0.4) is 0 Å². The monoisotopic (exact) mass is 319 g/mol. The molecular weight excluding hydrogens is 290 g/mol. The van der Waals surface area contributed by atoms with Crippen molar-refractivity contribution in [3.05, 3.63) is 18.0 Å². The van der Waals surface area contributed by atoms with Crippen molar-refractivity contribution in [3.63, 3.8) is 0 Å². The minimum Gasteiger partial charge on any atom is -0.367 e. The van der Waals surface area contributed by atoms with Gasteiger partial charge >= 0.3 is 0 Å². The molecule has 0 aromatic carbocycles. The lowest BCUT2D eigenvalue weighted by molar-refractivity contribution is -0.154. The Morgan fingerprint density at radius 3 is 2.61 bits per heavy atom. The first-order valence-electron chi connectivity index (χ1n) is 9.00. The van der Waals surface area contributed by atoms with Crippen LogP contribution in [0.5, 0.6) is 0 Å². The second-order valence-corrected chi connectivity index (χ2v) is 7.28. The van der Waals surface area contributed by atoms with Crippen molar-refractivity contribution in [2.75, 3.05) is 19.7 Å². The highest BCUT2D eigenvalue weighted by Gasteiger charge is 2.38. The van der Waals surface area contributed by atoms with Gasteiger partial charge in [0.15, 0.2) is 0 Å². The maximum atomic E-state index is 13.0. The first-order chi connectivity index (χ1) is 11.1. The maximum Gasteiger partial charge on any atom is 0.225 e. The van der Waals surface area contributed by atoms with Crippen molar-refractivity contribution in [3.8, 4) is 0 Å². The number of aromatic nitrogens is 2.